The summed E-state index contributed by atoms with van der Waals surface area (Å²) in [6.45, 7) is 10.2. The topological polar surface area (TPSA) is 37.3 Å². The predicted molar refractivity (Wildman–Crippen MR) is 71.0 cm³/mol. The predicted octanol–water partition coefficient (Wildman–Crippen LogP) is 3.96. The first kappa shape index (κ1) is 13.8. The molecule has 0 radical (unpaired) electrons. The Hall–Kier alpha value is -1.31. The van der Waals surface area contributed by atoms with Crippen molar-refractivity contribution in [2.24, 2.45) is 0 Å². The smallest absolute Gasteiger partial charge is 0.336 e. The molecule has 0 heterocycles. The highest BCUT2D eigenvalue weighted by Gasteiger charge is 2.19. The van der Waals surface area contributed by atoms with Crippen molar-refractivity contribution in [2.75, 3.05) is 0 Å². The van der Waals surface area contributed by atoms with Gasteiger partial charge in [0.2, 0.25) is 0 Å². The summed E-state index contributed by atoms with van der Waals surface area (Å²) < 4.78 is 0. The quantitative estimate of drug-likeness (QED) is 0.856. The Morgan fingerprint density at radius 1 is 1.00 bits per heavy atom. The van der Waals surface area contributed by atoms with Crippen LogP contribution < -0.4 is 0 Å². The fourth-order valence-corrected chi connectivity index (χ4v) is 2.35. The van der Waals surface area contributed by atoms with Crippen LogP contribution in [0.2, 0.25) is 0 Å². The molecule has 0 fully saturated rings. The second-order valence-corrected chi connectivity index (χ2v) is 4.76. The Kier molecular flexibility index (Phi) is 4.33. The molecular formula is C15H22O2. The van der Waals surface area contributed by atoms with E-state index in [2.05, 4.69) is 13.8 Å². The van der Waals surface area contributed by atoms with Gasteiger partial charge in [-0.15, -0.1) is 0 Å². The lowest BCUT2D eigenvalue weighted by molar-refractivity contribution is 0.0694. The van der Waals surface area contributed by atoms with Crippen molar-refractivity contribution < 1.29 is 9.90 Å². The number of aromatic carboxylic acids is 1. The van der Waals surface area contributed by atoms with Crippen LogP contribution in [0.15, 0.2) is 0 Å². The summed E-state index contributed by atoms with van der Waals surface area (Å²) in [6, 6.07) is 0. The van der Waals surface area contributed by atoms with E-state index in [0.29, 0.717) is 5.56 Å². The van der Waals surface area contributed by atoms with Crippen molar-refractivity contribution in [1.82, 2.24) is 0 Å². The minimum atomic E-state index is -0.792. The first-order chi connectivity index (χ1) is 7.91. The van der Waals surface area contributed by atoms with Crippen LogP contribution in [0, 0.1) is 27.7 Å². The summed E-state index contributed by atoms with van der Waals surface area (Å²) in [5.41, 5.74) is 5.98. The van der Waals surface area contributed by atoms with Crippen molar-refractivity contribution >= 4 is 5.97 Å². The van der Waals surface area contributed by atoms with Crippen LogP contribution in [0.4, 0.5) is 0 Å². The van der Waals surface area contributed by atoms with E-state index < -0.39 is 5.97 Å². The molecule has 0 unspecified atom stereocenters. The number of rotatable bonds is 4. The third-order valence-corrected chi connectivity index (χ3v) is 3.81. The number of hydrogen-bond acceptors (Lipinski definition) is 1. The second-order valence-electron chi connectivity index (χ2n) is 4.76. The Morgan fingerprint density at radius 2 is 1.53 bits per heavy atom. The van der Waals surface area contributed by atoms with Crippen molar-refractivity contribution in [3.05, 3.63) is 33.4 Å². The van der Waals surface area contributed by atoms with Gasteiger partial charge in [0.1, 0.15) is 0 Å². The summed E-state index contributed by atoms with van der Waals surface area (Å²) in [7, 11) is 0. The van der Waals surface area contributed by atoms with Crippen LogP contribution in [0.25, 0.3) is 0 Å². The number of hydrogen-bond donors (Lipinski definition) is 1. The number of carboxylic acid groups (broad SMARTS) is 1. The zero-order valence-electron chi connectivity index (χ0n) is 11.5. The van der Waals surface area contributed by atoms with E-state index >= 15 is 0 Å². The van der Waals surface area contributed by atoms with E-state index in [0.717, 1.165) is 41.5 Å². The van der Waals surface area contributed by atoms with Gasteiger partial charge < -0.3 is 5.11 Å². The molecule has 1 rings (SSSR count). The molecule has 0 amide bonds. The maximum Gasteiger partial charge on any atom is 0.336 e. The average Bonchev–Trinajstić information content (AvgIpc) is 2.28. The van der Waals surface area contributed by atoms with Gasteiger partial charge >= 0.3 is 5.97 Å². The zero-order chi connectivity index (χ0) is 13.2. The Labute approximate surface area is 104 Å². The highest BCUT2D eigenvalue weighted by Crippen LogP contribution is 2.27. The molecule has 1 aromatic rings. The summed E-state index contributed by atoms with van der Waals surface area (Å²) in [5.74, 6) is -0.792. The average molecular weight is 234 g/mol. The second kappa shape index (κ2) is 5.35. The lowest BCUT2D eigenvalue weighted by atomic mass is 9.87. The van der Waals surface area contributed by atoms with E-state index in [1.807, 2.05) is 20.8 Å². The molecule has 2 heteroatoms. The molecule has 0 atom stereocenters. The fraction of sp³-hybridized carbons (Fsp3) is 0.533. The monoisotopic (exact) mass is 234 g/mol. The van der Waals surface area contributed by atoms with Gasteiger partial charge in [-0.3, -0.25) is 0 Å². The summed E-state index contributed by atoms with van der Waals surface area (Å²) in [6.07, 6.45) is 3.00. The van der Waals surface area contributed by atoms with E-state index in [1.165, 1.54) is 5.56 Å². The first-order valence-electron chi connectivity index (χ1n) is 6.24. The molecule has 2 nitrogen and oxygen atoms in total. The number of carbonyl (C=O) groups is 1. The summed E-state index contributed by atoms with van der Waals surface area (Å²) in [4.78, 5) is 11.4. The Bertz CT molecular complexity index is 445. The van der Waals surface area contributed by atoms with Crippen LogP contribution >= 0.6 is 0 Å². The third-order valence-electron chi connectivity index (χ3n) is 3.81. The normalized spacial score (nSPS) is 10.6. The minimum Gasteiger partial charge on any atom is -0.478 e. The maximum atomic E-state index is 11.4. The van der Waals surface area contributed by atoms with Crippen LogP contribution in [0.1, 0.15) is 57.9 Å². The van der Waals surface area contributed by atoms with Crippen molar-refractivity contribution in [3.63, 3.8) is 0 Å². The van der Waals surface area contributed by atoms with E-state index in [-0.39, 0.29) is 0 Å². The van der Waals surface area contributed by atoms with Gasteiger partial charge in [-0.2, -0.15) is 0 Å². The van der Waals surface area contributed by atoms with Gasteiger partial charge in [-0.25, -0.2) is 4.79 Å². The summed E-state index contributed by atoms with van der Waals surface area (Å²) in [5, 5.41) is 9.39. The molecule has 0 saturated carbocycles. The SMILES string of the molecule is CCCCc1c(C)c(C)c(C)c(C)c1C(=O)O. The van der Waals surface area contributed by atoms with Crippen LogP contribution in [0.3, 0.4) is 0 Å². The molecule has 0 aromatic heterocycles. The first-order valence-corrected chi connectivity index (χ1v) is 6.24. The molecule has 0 aliphatic rings. The molecular weight excluding hydrogens is 212 g/mol. The molecule has 17 heavy (non-hydrogen) atoms. The van der Waals surface area contributed by atoms with Gasteiger partial charge in [-0.05, 0) is 68.4 Å². The molecule has 0 aliphatic heterocycles. The molecule has 94 valence electrons. The van der Waals surface area contributed by atoms with E-state index in [4.69, 9.17) is 0 Å². The lowest BCUT2D eigenvalue weighted by Crippen LogP contribution is -2.11. The highest BCUT2D eigenvalue weighted by atomic mass is 16.4. The molecule has 0 aliphatic carbocycles. The molecule has 0 saturated heterocycles. The van der Waals surface area contributed by atoms with Gasteiger partial charge in [0.05, 0.1) is 5.56 Å². The molecule has 0 bridgehead atoms. The molecule has 1 aromatic carbocycles. The van der Waals surface area contributed by atoms with Crippen molar-refractivity contribution in [3.8, 4) is 0 Å². The maximum absolute atomic E-state index is 11.4. The third kappa shape index (κ3) is 2.51. The van der Waals surface area contributed by atoms with Gasteiger partial charge in [0.25, 0.3) is 0 Å². The lowest BCUT2D eigenvalue weighted by Gasteiger charge is -2.18. The van der Waals surface area contributed by atoms with E-state index in [1.54, 1.807) is 0 Å². The van der Waals surface area contributed by atoms with Crippen molar-refractivity contribution in [2.45, 2.75) is 53.9 Å². The Balaban J connectivity index is 3.48. The fourth-order valence-electron chi connectivity index (χ4n) is 2.35. The standard InChI is InChI=1S/C15H22O2/c1-6-7-8-13-11(4)9(2)10(3)12(5)14(13)15(16)17/h6-8H2,1-5H3,(H,16,17). The molecule has 0 spiro atoms. The van der Waals surface area contributed by atoms with Crippen LogP contribution in [-0.2, 0) is 6.42 Å². The zero-order valence-corrected chi connectivity index (χ0v) is 11.5. The summed E-state index contributed by atoms with van der Waals surface area (Å²) >= 11 is 0. The minimum absolute atomic E-state index is 0.527. The van der Waals surface area contributed by atoms with Gasteiger partial charge in [-0.1, -0.05) is 13.3 Å². The van der Waals surface area contributed by atoms with Crippen LogP contribution in [0.5, 0.6) is 0 Å². The Morgan fingerprint density at radius 3 is 2.00 bits per heavy atom. The number of carboxylic acids is 1. The van der Waals surface area contributed by atoms with Crippen LogP contribution in [-0.4, -0.2) is 11.1 Å². The largest absolute Gasteiger partial charge is 0.478 e. The highest BCUT2D eigenvalue weighted by molar-refractivity contribution is 5.92. The van der Waals surface area contributed by atoms with Gasteiger partial charge in [0.15, 0.2) is 0 Å². The van der Waals surface area contributed by atoms with E-state index in [9.17, 15) is 9.90 Å². The van der Waals surface area contributed by atoms with Gasteiger partial charge in [0, 0.05) is 0 Å². The van der Waals surface area contributed by atoms with Crippen molar-refractivity contribution in [1.29, 1.82) is 0 Å². The number of unbranched alkanes of at least 4 members (excludes halogenated alkanes) is 1. The number of benzene rings is 1. The molecule has 1 N–H and O–H groups in total.